The lowest BCUT2D eigenvalue weighted by Gasteiger charge is -2.28. The molecule has 24 heavy (non-hydrogen) atoms. The van der Waals surface area contributed by atoms with E-state index in [2.05, 4.69) is 27.0 Å². The van der Waals surface area contributed by atoms with Crippen molar-refractivity contribution in [1.82, 2.24) is 14.9 Å². The van der Waals surface area contributed by atoms with Crippen LogP contribution in [0.1, 0.15) is 30.3 Å². The Kier molecular flexibility index (Phi) is 5.68. The Bertz CT molecular complexity index is 646. The fraction of sp³-hybridized carbons (Fsp3) is 0.500. The summed E-state index contributed by atoms with van der Waals surface area (Å²) in [6.45, 7) is 0. The summed E-state index contributed by atoms with van der Waals surface area (Å²) >= 11 is 2.03. The maximum absolute atomic E-state index is 5.45. The molecule has 0 unspecified atom stereocenters. The zero-order chi connectivity index (χ0) is 16.9. The Labute approximate surface area is 147 Å². The molecule has 2 heterocycles. The number of rotatable bonds is 6. The van der Waals surface area contributed by atoms with Crippen LogP contribution < -0.4 is 14.8 Å². The Morgan fingerprint density at radius 2 is 1.83 bits per heavy atom. The molecule has 0 saturated carbocycles. The molecule has 1 atom stereocenters. The van der Waals surface area contributed by atoms with Crippen LogP contribution in [-0.2, 0) is 7.05 Å². The first-order valence-corrected chi connectivity index (χ1v) is 9.40. The predicted molar refractivity (Wildman–Crippen MR) is 98.1 cm³/mol. The first-order chi connectivity index (χ1) is 11.7. The van der Waals surface area contributed by atoms with Gasteiger partial charge >= 0.3 is 0 Å². The SMILES string of the molecule is COc1cc(OC)cc([C@H](NC2CCSCC2)c2nccn2C)c1. The van der Waals surface area contributed by atoms with Crippen LogP contribution in [0.3, 0.4) is 0 Å². The van der Waals surface area contributed by atoms with E-state index >= 15 is 0 Å². The van der Waals surface area contributed by atoms with Gasteiger partial charge in [0.2, 0.25) is 0 Å². The Morgan fingerprint density at radius 1 is 1.17 bits per heavy atom. The molecule has 0 amide bonds. The van der Waals surface area contributed by atoms with Gasteiger partial charge in [0.1, 0.15) is 17.3 Å². The zero-order valence-electron chi connectivity index (χ0n) is 14.5. The summed E-state index contributed by atoms with van der Waals surface area (Å²) in [4.78, 5) is 4.58. The van der Waals surface area contributed by atoms with Gasteiger partial charge in [-0.1, -0.05) is 0 Å². The van der Waals surface area contributed by atoms with E-state index in [1.165, 1.54) is 24.3 Å². The predicted octanol–water partition coefficient (Wildman–Crippen LogP) is 3.01. The Balaban J connectivity index is 1.96. The van der Waals surface area contributed by atoms with Gasteiger partial charge in [-0.2, -0.15) is 11.8 Å². The van der Waals surface area contributed by atoms with Gasteiger partial charge in [-0.15, -0.1) is 0 Å². The summed E-state index contributed by atoms with van der Waals surface area (Å²) in [7, 11) is 5.39. The molecule has 1 aromatic carbocycles. The molecule has 0 spiro atoms. The van der Waals surface area contributed by atoms with Crippen molar-refractivity contribution in [2.24, 2.45) is 7.05 Å². The van der Waals surface area contributed by atoms with Crippen LogP contribution in [0.4, 0.5) is 0 Å². The van der Waals surface area contributed by atoms with Crippen molar-refractivity contribution in [1.29, 1.82) is 0 Å². The number of hydrogen-bond donors (Lipinski definition) is 1. The van der Waals surface area contributed by atoms with Crippen LogP contribution in [0.2, 0.25) is 0 Å². The summed E-state index contributed by atoms with van der Waals surface area (Å²) in [5, 5.41) is 3.81. The number of methoxy groups -OCH3 is 2. The van der Waals surface area contributed by atoms with Gasteiger partial charge in [0.15, 0.2) is 0 Å². The number of hydrogen-bond acceptors (Lipinski definition) is 5. The summed E-state index contributed by atoms with van der Waals surface area (Å²) in [5.41, 5.74) is 1.11. The van der Waals surface area contributed by atoms with Crippen LogP contribution >= 0.6 is 11.8 Å². The quantitative estimate of drug-likeness (QED) is 0.870. The second-order valence-corrected chi connectivity index (χ2v) is 7.25. The van der Waals surface area contributed by atoms with E-state index in [1.54, 1.807) is 14.2 Å². The monoisotopic (exact) mass is 347 g/mol. The molecule has 0 bridgehead atoms. The van der Waals surface area contributed by atoms with Gasteiger partial charge in [-0.05, 0) is 42.0 Å². The molecule has 130 valence electrons. The third kappa shape index (κ3) is 3.87. The average molecular weight is 347 g/mol. The third-order valence-electron chi connectivity index (χ3n) is 4.45. The fourth-order valence-corrected chi connectivity index (χ4v) is 4.18. The largest absolute Gasteiger partial charge is 0.497 e. The lowest BCUT2D eigenvalue weighted by Crippen LogP contribution is -2.37. The zero-order valence-corrected chi connectivity index (χ0v) is 15.3. The molecular weight excluding hydrogens is 322 g/mol. The van der Waals surface area contributed by atoms with Crippen LogP contribution in [0.25, 0.3) is 0 Å². The van der Waals surface area contributed by atoms with Crippen molar-refractivity contribution in [2.45, 2.75) is 24.9 Å². The summed E-state index contributed by atoms with van der Waals surface area (Å²) < 4.78 is 13.0. The van der Waals surface area contributed by atoms with Gasteiger partial charge in [0.25, 0.3) is 0 Å². The van der Waals surface area contributed by atoms with E-state index in [0.29, 0.717) is 6.04 Å². The number of aromatic nitrogens is 2. The molecule has 1 fully saturated rings. The van der Waals surface area contributed by atoms with Crippen molar-refractivity contribution >= 4 is 11.8 Å². The van der Waals surface area contributed by atoms with E-state index in [-0.39, 0.29) is 6.04 Å². The number of nitrogens with zero attached hydrogens (tertiary/aromatic N) is 2. The summed E-state index contributed by atoms with van der Waals surface area (Å²) in [6, 6.07) is 6.54. The molecular formula is C18H25N3O2S. The van der Waals surface area contributed by atoms with E-state index in [0.717, 1.165) is 22.9 Å². The van der Waals surface area contributed by atoms with E-state index in [1.807, 2.05) is 37.3 Å². The first-order valence-electron chi connectivity index (χ1n) is 8.25. The normalized spacial score (nSPS) is 16.8. The van der Waals surface area contributed by atoms with Gasteiger partial charge in [0.05, 0.1) is 20.3 Å². The molecule has 3 rings (SSSR count). The number of aryl methyl sites for hydroxylation is 1. The highest BCUT2D eigenvalue weighted by atomic mass is 32.2. The summed E-state index contributed by atoms with van der Waals surface area (Å²) in [6.07, 6.45) is 6.20. The number of ether oxygens (including phenoxy) is 2. The minimum absolute atomic E-state index is 0.0158. The molecule has 1 saturated heterocycles. The molecule has 1 aliphatic rings. The summed E-state index contributed by atoms with van der Waals surface area (Å²) in [5.74, 6) is 5.02. The van der Waals surface area contributed by atoms with Crippen molar-refractivity contribution in [3.63, 3.8) is 0 Å². The van der Waals surface area contributed by atoms with Crippen LogP contribution in [-0.4, -0.2) is 41.3 Å². The highest BCUT2D eigenvalue weighted by Gasteiger charge is 2.24. The number of benzene rings is 1. The second-order valence-electron chi connectivity index (χ2n) is 6.03. The fourth-order valence-electron chi connectivity index (χ4n) is 3.07. The van der Waals surface area contributed by atoms with Crippen molar-refractivity contribution in [3.8, 4) is 11.5 Å². The van der Waals surface area contributed by atoms with Gasteiger partial charge in [-0.25, -0.2) is 4.98 Å². The highest BCUT2D eigenvalue weighted by molar-refractivity contribution is 7.99. The van der Waals surface area contributed by atoms with Crippen LogP contribution in [0.15, 0.2) is 30.6 Å². The number of thioether (sulfide) groups is 1. The Morgan fingerprint density at radius 3 is 2.38 bits per heavy atom. The lowest BCUT2D eigenvalue weighted by molar-refractivity contribution is 0.388. The van der Waals surface area contributed by atoms with Gasteiger partial charge in [-0.3, -0.25) is 0 Å². The molecule has 0 aliphatic carbocycles. The van der Waals surface area contributed by atoms with E-state index in [9.17, 15) is 0 Å². The first kappa shape index (κ1) is 17.2. The molecule has 1 N–H and O–H groups in total. The van der Waals surface area contributed by atoms with Crippen molar-refractivity contribution in [2.75, 3.05) is 25.7 Å². The van der Waals surface area contributed by atoms with Crippen molar-refractivity contribution < 1.29 is 9.47 Å². The van der Waals surface area contributed by atoms with Gasteiger partial charge < -0.3 is 19.4 Å². The molecule has 5 nitrogen and oxygen atoms in total. The second kappa shape index (κ2) is 7.94. The van der Waals surface area contributed by atoms with Crippen molar-refractivity contribution in [3.05, 3.63) is 42.0 Å². The maximum Gasteiger partial charge on any atom is 0.130 e. The average Bonchev–Trinajstić information content (AvgIpc) is 3.05. The topological polar surface area (TPSA) is 48.3 Å². The standard InChI is InChI=1S/C18H25N3O2S/c1-21-7-6-19-18(21)17(20-14-4-8-24-9-5-14)13-10-15(22-2)12-16(11-13)23-3/h6-7,10-12,14,17,20H,4-5,8-9H2,1-3H3/t17-/m0/s1. The van der Waals surface area contributed by atoms with Gasteiger partial charge in [0, 0.05) is 31.5 Å². The maximum atomic E-state index is 5.45. The minimum Gasteiger partial charge on any atom is -0.497 e. The van der Waals surface area contributed by atoms with Crippen LogP contribution in [0.5, 0.6) is 11.5 Å². The molecule has 0 radical (unpaired) electrons. The van der Waals surface area contributed by atoms with E-state index < -0.39 is 0 Å². The number of imidazole rings is 1. The molecule has 6 heteroatoms. The molecule has 1 aromatic heterocycles. The lowest BCUT2D eigenvalue weighted by atomic mass is 10.0. The Hall–Kier alpha value is -1.66. The third-order valence-corrected chi connectivity index (χ3v) is 5.50. The molecule has 2 aromatic rings. The highest BCUT2D eigenvalue weighted by Crippen LogP contribution is 2.31. The smallest absolute Gasteiger partial charge is 0.130 e. The number of nitrogens with one attached hydrogen (secondary N) is 1. The minimum atomic E-state index is 0.0158. The van der Waals surface area contributed by atoms with Crippen LogP contribution in [0, 0.1) is 0 Å². The van der Waals surface area contributed by atoms with E-state index in [4.69, 9.17) is 9.47 Å². The molecule has 1 aliphatic heterocycles.